The average Bonchev–Trinajstić information content (AvgIpc) is 2.25. The molecule has 2 N–H and O–H groups in total. The van der Waals surface area contributed by atoms with Crippen LogP contribution in [0.1, 0.15) is 33.4 Å². The molecule has 4 heteroatoms. The summed E-state index contributed by atoms with van der Waals surface area (Å²) in [7, 11) is 0. The Labute approximate surface area is 109 Å². The van der Waals surface area contributed by atoms with E-state index in [2.05, 4.69) is 43.3 Å². The number of nitrogens with zero attached hydrogens (tertiary/aromatic N) is 1. The zero-order valence-electron chi connectivity index (χ0n) is 11.0. The number of pyridine rings is 1. The molecule has 0 aromatic carbocycles. The highest BCUT2D eigenvalue weighted by molar-refractivity contribution is 6.30. The van der Waals surface area contributed by atoms with Crippen LogP contribution in [0.5, 0.6) is 0 Å². The van der Waals surface area contributed by atoms with E-state index in [4.69, 9.17) is 11.6 Å². The average molecular weight is 256 g/mol. The second-order valence-electron chi connectivity index (χ2n) is 5.38. The molecule has 1 aromatic heterocycles. The minimum Gasteiger partial charge on any atom is -0.311 e. The molecule has 1 atom stereocenters. The van der Waals surface area contributed by atoms with E-state index in [1.54, 1.807) is 6.20 Å². The largest absolute Gasteiger partial charge is 0.311 e. The third kappa shape index (κ3) is 6.61. The Morgan fingerprint density at radius 3 is 2.59 bits per heavy atom. The molecule has 0 saturated carbocycles. The fraction of sp³-hybridized carbons (Fsp3) is 0.615. The van der Waals surface area contributed by atoms with Crippen molar-refractivity contribution in [2.24, 2.45) is 0 Å². The normalized spacial score (nSPS) is 13.7. The second kappa shape index (κ2) is 6.34. The molecule has 1 aromatic rings. The maximum absolute atomic E-state index is 5.78. The molecule has 0 aliphatic heterocycles. The van der Waals surface area contributed by atoms with Crippen LogP contribution in [0.25, 0.3) is 0 Å². The molecule has 0 saturated heterocycles. The molecular formula is C13H22ClN3. The van der Waals surface area contributed by atoms with Crippen molar-refractivity contribution in [2.75, 3.05) is 6.54 Å². The van der Waals surface area contributed by atoms with Gasteiger partial charge < -0.3 is 10.6 Å². The Kier molecular flexibility index (Phi) is 5.37. The van der Waals surface area contributed by atoms with Gasteiger partial charge in [-0.15, -0.1) is 0 Å². The lowest BCUT2D eigenvalue weighted by atomic mass is 10.1. The monoisotopic (exact) mass is 255 g/mol. The third-order valence-corrected chi connectivity index (χ3v) is 2.58. The molecule has 0 amide bonds. The fourth-order valence-electron chi connectivity index (χ4n) is 1.32. The molecular weight excluding hydrogens is 234 g/mol. The molecule has 0 aliphatic carbocycles. The van der Waals surface area contributed by atoms with Crippen molar-refractivity contribution in [3.8, 4) is 0 Å². The van der Waals surface area contributed by atoms with Crippen LogP contribution in [0, 0.1) is 0 Å². The predicted octanol–water partition coefficient (Wildman–Crippen LogP) is 2.60. The third-order valence-electron chi connectivity index (χ3n) is 2.36. The maximum atomic E-state index is 5.78. The Morgan fingerprint density at radius 1 is 1.35 bits per heavy atom. The summed E-state index contributed by atoms with van der Waals surface area (Å²) in [6.45, 7) is 10.4. The van der Waals surface area contributed by atoms with Gasteiger partial charge in [-0.05, 0) is 39.8 Å². The minimum absolute atomic E-state index is 0.161. The van der Waals surface area contributed by atoms with Gasteiger partial charge in [-0.25, -0.2) is 0 Å². The molecule has 0 fully saturated rings. The smallest absolute Gasteiger partial charge is 0.0589 e. The topological polar surface area (TPSA) is 37.0 Å². The summed E-state index contributed by atoms with van der Waals surface area (Å²) in [5.41, 5.74) is 1.17. The van der Waals surface area contributed by atoms with Crippen molar-refractivity contribution in [2.45, 2.75) is 45.8 Å². The van der Waals surface area contributed by atoms with Crippen molar-refractivity contribution < 1.29 is 0 Å². The number of nitrogens with one attached hydrogen (secondary N) is 2. The molecule has 0 spiro atoms. The van der Waals surface area contributed by atoms with Gasteiger partial charge in [0.2, 0.25) is 0 Å². The van der Waals surface area contributed by atoms with E-state index < -0.39 is 0 Å². The van der Waals surface area contributed by atoms with Crippen LogP contribution in [0.15, 0.2) is 18.3 Å². The predicted molar refractivity (Wildman–Crippen MR) is 73.3 cm³/mol. The van der Waals surface area contributed by atoms with Gasteiger partial charge in [-0.3, -0.25) is 4.98 Å². The van der Waals surface area contributed by atoms with Crippen LogP contribution in [0.4, 0.5) is 0 Å². The SMILES string of the molecule is CC(CNC(C)(C)C)NCc1ccc(Cl)cn1. The molecule has 1 heterocycles. The summed E-state index contributed by atoms with van der Waals surface area (Å²) in [4.78, 5) is 4.24. The molecule has 1 rings (SSSR count). The van der Waals surface area contributed by atoms with E-state index in [0.29, 0.717) is 11.1 Å². The van der Waals surface area contributed by atoms with Gasteiger partial charge in [0.15, 0.2) is 0 Å². The van der Waals surface area contributed by atoms with Crippen LogP contribution in [-0.4, -0.2) is 23.1 Å². The summed E-state index contributed by atoms with van der Waals surface area (Å²) < 4.78 is 0. The van der Waals surface area contributed by atoms with Crippen LogP contribution < -0.4 is 10.6 Å². The van der Waals surface area contributed by atoms with Crippen molar-refractivity contribution >= 4 is 11.6 Å². The zero-order chi connectivity index (χ0) is 12.9. The first-order chi connectivity index (χ1) is 7.87. The summed E-state index contributed by atoms with van der Waals surface area (Å²) in [5.74, 6) is 0. The standard InChI is InChI=1S/C13H22ClN3/c1-10(7-17-13(2,3)4)15-9-12-6-5-11(14)8-16-12/h5-6,8,10,15,17H,7,9H2,1-4H3. The number of aromatic nitrogens is 1. The summed E-state index contributed by atoms with van der Waals surface area (Å²) >= 11 is 5.78. The van der Waals surface area contributed by atoms with E-state index in [0.717, 1.165) is 18.8 Å². The maximum Gasteiger partial charge on any atom is 0.0589 e. The Hall–Kier alpha value is -0.640. The van der Waals surface area contributed by atoms with Gasteiger partial charge in [0.1, 0.15) is 0 Å². The summed E-state index contributed by atoms with van der Waals surface area (Å²) in [6.07, 6.45) is 1.68. The molecule has 0 radical (unpaired) electrons. The van der Waals surface area contributed by atoms with Crippen molar-refractivity contribution in [3.05, 3.63) is 29.0 Å². The lowest BCUT2D eigenvalue weighted by Crippen LogP contribution is -2.44. The van der Waals surface area contributed by atoms with E-state index in [-0.39, 0.29) is 5.54 Å². The van der Waals surface area contributed by atoms with Gasteiger partial charge in [-0.2, -0.15) is 0 Å². The minimum atomic E-state index is 0.161. The lowest BCUT2D eigenvalue weighted by Gasteiger charge is -2.24. The quantitative estimate of drug-likeness (QED) is 0.849. The number of halogens is 1. The first-order valence-electron chi connectivity index (χ1n) is 5.96. The van der Waals surface area contributed by atoms with E-state index in [9.17, 15) is 0 Å². The summed E-state index contributed by atoms with van der Waals surface area (Å²) in [6, 6.07) is 4.22. The van der Waals surface area contributed by atoms with E-state index >= 15 is 0 Å². The van der Waals surface area contributed by atoms with Crippen LogP contribution >= 0.6 is 11.6 Å². The molecule has 96 valence electrons. The highest BCUT2D eigenvalue weighted by Crippen LogP contribution is 2.06. The van der Waals surface area contributed by atoms with Gasteiger partial charge >= 0.3 is 0 Å². The van der Waals surface area contributed by atoms with Gasteiger partial charge in [0, 0.05) is 30.9 Å². The zero-order valence-corrected chi connectivity index (χ0v) is 11.8. The Balaban J connectivity index is 2.28. The number of hydrogen-bond acceptors (Lipinski definition) is 3. The molecule has 0 aliphatic rings. The van der Waals surface area contributed by atoms with Crippen LogP contribution in [0.3, 0.4) is 0 Å². The van der Waals surface area contributed by atoms with Crippen LogP contribution in [0.2, 0.25) is 5.02 Å². The molecule has 0 bridgehead atoms. The highest BCUT2D eigenvalue weighted by atomic mass is 35.5. The molecule has 17 heavy (non-hydrogen) atoms. The van der Waals surface area contributed by atoms with Gasteiger partial charge in [0.25, 0.3) is 0 Å². The highest BCUT2D eigenvalue weighted by Gasteiger charge is 2.10. The Bertz CT molecular complexity index is 330. The number of rotatable bonds is 5. The summed E-state index contributed by atoms with van der Waals surface area (Å²) in [5, 5.41) is 7.56. The Morgan fingerprint density at radius 2 is 2.06 bits per heavy atom. The first-order valence-corrected chi connectivity index (χ1v) is 6.33. The van der Waals surface area contributed by atoms with Crippen molar-refractivity contribution in [3.63, 3.8) is 0 Å². The van der Waals surface area contributed by atoms with Crippen molar-refractivity contribution in [1.29, 1.82) is 0 Å². The van der Waals surface area contributed by atoms with Gasteiger partial charge in [0.05, 0.1) is 10.7 Å². The van der Waals surface area contributed by atoms with Crippen LogP contribution in [-0.2, 0) is 6.54 Å². The van der Waals surface area contributed by atoms with Crippen molar-refractivity contribution in [1.82, 2.24) is 15.6 Å². The molecule has 3 nitrogen and oxygen atoms in total. The molecule has 1 unspecified atom stereocenters. The number of hydrogen-bond donors (Lipinski definition) is 2. The fourth-order valence-corrected chi connectivity index (χ4v) is 1.43. The van der Waals surface area contributed by atoms with E-state index in [1.807, 2.05) is 12.1 Å². The lowest BCUT2D eigenvalue weighted by molar-refractivity contribution is 0.386. The van der Waals surface area contributed by atoms with Gasteiger partial charge in [-0.1, -0.05) is 11.6 Å². The first kappa shape index (κ1) is 14.4. The second-order valence-corrected chi connectivity index (χ2v) is 5.82. The van der Waals surface area contributed by atoms with E-state index in [1.165, 1.54) is 0 Å².